The molecule has 0 heterocycles. The fraction of sp³-hybridized carbons (Fsp3) is 0.533. The van der Waals surface area contributed by atoms with Gasteiger partial charge in [0.1, 0.15) is 0 Å². The Bertz CT molecular complexity index is 478. The molecule has 0 radical (unpaired) electrons. The van der Waals surface area contributed by atoms with Gasteiger partial charge in [0.25, 0.3) is 0 Å². The summed E-state index contributed by atoms with van der Waals surface area (Å²) in [6.45, 7) is 4.24. The van der Waals surface area contributed by atoms with Gasteiger partial charge in [0.05, 0.1) is 12.2 Å². The van der Waals surface area contributed by atoms with Crippen LogP contribution in [0.25, 0.3) is 0 Å². The van der Waals surface area contributed by atoms with Crippen LogP contribution in [0.1, 0.15) is 18.1 Å². The Labute approximate surface area is 152 Å². The topological polar surface area (TPSA) is 36.9 Å². The fourth-order valence-corrected chi connectivity index (χ4v) is 1.91. The number of rotatable bonds is 6. The van der Waals surface area contributed by atoms with Gasteiger partial charge in [-0.05, 0) is 24.6 Å². The highest BCUT2D eigenvalue weighted by Crippen LogP contribution is 2.29. The number of ether oxygens (including phenoxy) is 1. The number of benzene rings is 1. The van der Waals surface area contributed by atoms with E-state index < -0.39 is 11.7 Å². The first-order valence-corrected chi connectivity index (χ1v) is 7.04. The van der Waals surface area contributed by atoms with Gasteiger partial charge in [-0.1, -0.05) is 12.1 Å². The van der Waals surface area contributed by atoms with E-state index in [-0.39, 0.29) is 24.0 Å². The van der Waals surface area contributed by atoms with Crippen LogP contribution in [-0.4, -0.2) is 44.7 Å². The summed E-state index contributed by atoms with van der Waals surface area (Å²) in [5, 5.41) is 3.13. The second kappa shape index (κ2) is 10.7. The van der Waals surface area contributed by atoms with Crippen LogP contribution in [0.3, 0.4) is 0 Å². The maximum atomic E-state index is 12.5. The Morgan fingerprint density at radius 2 is 1.87 bits per heavy atom. The van der Waals surface area contributed by atoms with Gasteiger partial charge in [0.2, 0.25) is 0 Å². The van der Waals surface area contributed by atoms with Crippen LogP contribution in [0.2, 0.25) is 0 Å². The highest BCUT2D eigenvalue weighted by Gasteiger charge is 2.29. The number of hydrogen-bond acceptors (Lipinski definition) is 2. The van der Waals surface area contributed by atoms with Gasteiger partial charge in [0, 0.05) is 33.8 Å². The Hall–Kier alpha value is -1.03. The molecule has 0 saturated carbocycles. The van der Waals surface area contributed by atoms with E-state index in [1.54, 1.807) is 7.05 Å². The largest absolute Gasteiger partial charge is 0.416 e. The van der Waals surface area contributed by atoms with Crippen molar-refractivity contribution in [3.8, 4) is 0 Å². The zero-order valence-electron chi connectivity index (χ0n) is 13.5. The van der Waals surface area contributed by atoms with Crippen molar-refractivity contribution < 1.29 is 17.9 Å². The third kappa shape index (κ3) is 7.87. The molecule has 0 aliphatic carbocycles. The molecule has 1 aromatic rings. The molecule has 0 fully saturated rings. The molecule has 1 rings (SSSR count). The van der Waals surface area contributed by atoms with Crippen molar-refractivity contribution >= 4 is 29.9 Å². The molecule has 132 valence electrons. The van der Waals surface area contributed by atoms with Gasteiger partial charge in [-0.15, -0.1) is 24.0 Å². The first-order valence-electron chi connectivity index (χ1n) is 7.04. The zero-order valence-corrected chi connectivity index (χ0v) is 15.8. The third-order valence-electron chi connectivity index (χ3n) is 3.01. The summed E-state index contributed by atoms with van der Waals surface area (Å²) in [4.78, 5) is 5.98. The van der Waals surface area contributed by atoms with Crippen LogP contribution in [-0.2, 0) is 17.5 Å². The van der Waals surface area contributed by atoms with E-state index >= 15 is 0 Å². The first-order chi connectivity index (χ1) is 10.4. The molecule has 0 unspecified atom stereocenters. The second-order valence-corrected chi connectivity index (χ2v) is 4.72. The summed E-state index contributed by atoms with van der Waals surface area (Å²) in [6.07, 6.45) is -4.30. The Morgan fingerprint density at radius 3 is 2.35 bits per heavy atom. The number of halogens is 4. The van der Waals surface area contributed by atoms with Crippen LogP contribution >= 0.6 is 24.0 Å². The maximum Gasteiger partial charge on any atom is 0.416 e. The van der Waals surface area contributed by atoms with Gasteiger partial charge in [-0.25, -0.2) is 0 Å². The summed E-state index contributed by atoms with van der Waals surface area (Å²) in [5.41, 5.74) is 0.140. The molecule has 23 heavy (non-hydrogen) atoms. The van der Waals surface area contributed by atoms with Gasteiger partial charge in [-0.2, -0.15) is 13.2 Å². The predicted octanol–water partition coefficient (Wildman–Crippen LogP) is 3.37. The SMILES string of the molecule is CCOCCNC(=NC)N(C)Cc1ccc(C(F)(F)F)cc1.I. The Balaban J connectivity index is 0.00000484. The molecule has 0 spiro atoms. The van der Waals surface area contributed by atoms with Crippen molar-refractivity contribution in [3.05, 3.63) is 35.4 Å². The Morgan fingerprint density at radius 1 is 1.26 bits per heavy atom. The van der Waals surface area contributed by atoms with Crippen LogP contribution in [0, 0.1) is 0 Å². The molecule has 1 N–H and O–H groups in total. The van der Waals surface area contributed by atoms with E-state index in [2.05, 4.69) is 10.3 Å². The third-order valence-corrected chi connectivity index (χ3v) is 3.01. The van der Waals surface area contributed by atoms with Crippen LogP contribution < -0.4 is 5.32 Å². The molecule has 0 aromatic heterocycles. The maximum absolute atomic E-state index is 12.5. The number of alkyl halides is 3. The van der Waals surface area contributed by atoms with Crippen LogP contribution in [0.15, 0.2) is 29.3 Å². The molecule has 8 heteroatoms. The average molecular weight is 445 g/mol. The number of nitrogens with zero attached hydrogens (tertiary/aromatic N) is 2. The Kier molecular flexibility index (Phi) is 10.2. The van der Waals surface area contributed by atoms with Crippen LogP contribution in [0.5, 0.6) is 0 Å². The second-order valence-electron chi connectivity index (χ2n) is 4.72. The van der Waals surface area contributed by atoms with Crippen molar-refractivity contribution in [2.24, 2.45) is 4.99 Å². The van der Waals surface area contributed by atoms with E-state index in [0.717, 1.165) is 17.7 Å². The van der Waals surface area contributed by atoms with E-state index in [1.165, 1.54) is 12.1 Å². The minimum Gasteiger partial charge on any atom is -0.380 e. The average Bonchev–Trinajstić information content (AvgIpc) is 2.47. The van der Waals surface area contributed by atoms with Crippen molar-refractivity contribution in [1.82, 2.24) is 10.2 Å². The summed E-state index contributed by atoms with van der Waals surface area (Å²) in [5.74, 6) is 0.666. The monoisotopic (exact) mass is 445 g/mol. The lowest BCUT2D eigenvalue weighted by Crippen LogP contribution is -2.39. The molecule has 0 saturated heterocycles. The first kappa shape index (κ1) is 22.0. The molecular weight excluding hydrogens is 422 g/mol. The highest BCUT2D eigenvalue weighted by atomic mass is 127. The van der Waals surface area contributed by atoms with E-state index in [9.17, 15) is 13.2 Å². The van der Waals surface area contributed by atoms with Crippen molar-refractivity contribution in [2.45, 2.75) is 19.6 Å². The smallest absolute Gasteiger partial charge is 0.380 e. The van der Waals surface area contributed by atoms with E-state index in [0.29, 0.717) is 32.3 Å². The molecule has 0 atom stereocenters. The lowest BCUT2D eigenvalue weighted by Gasteiger charge is -2.22. The quantitative estimate of drug-likeness (QED) is 0.316. The minimum absolute atomic E-state index is 0. The number of nitrogens with one attached hydrogen (secondary N) is 1. The summed E-state index contributed by atoms with van der Waals surface area (Å²) < 4.78 is 42.8. The van der Waals surface area contributed by atoms with Crippen LogP contribution in [0.4, 0.5) is 13.2 Å². The van der Waals surface area contributed by atoms with Gasteiger partial charge < -0.3 is 15.0 Å². The molecule has 4 nitrogen and oxygen atoms in total. The number of aliphatic imine (C=N–C) groups is 1. The number of guanidine groups is 1. The zero-order chi connectivity index (χ0) is 16.6. The highest BCUT2D eigenvalue weighted by molar-refractivity contribution is 14.0. The molecule has 0 aliphatic rings. The van der Waals surface area contributed by atoms with Crippen molar-refractivity contribution in [3.63, 3.8) is 0 Å². The molecule has 0 amide bonds. The molecular formula is C15H23F3IN3O. The summed E-state index contributed by atoms with van der Waals surface area (Å²) in [6, 6.07) is 5.14. The summed E-state index contributed by atoms with van der Waals surface area (Å²) in [7, 11) is 3.49. The van der Waals surface area contributed by atoms with Gasteiger partial charge >= 0.3 is 6.18 Å². The summed E-state index contributed by atoms with van der Waals surface area (Å²) >= 11 is 0. The lowest BCUT2D eigenvalue weighted by molar-refractivity contribution is -0.137. The lowest BCUT2D eigenvalue weighted by atomic mass is 10.1. The van der Waals surface area contributed by atoms with Gasteiger partial charge in [-0.3, -0.25) is 4.99 Å². The number of hydrogen-bond donors (Lipinski definition) is 1. The van der Waals surface area contributed by atoms with E-state index in [4.69, 9.17) is 4.74 Å². The fourth-order valence-electron chi connectivity index (χ4n) is 1.91. The van der Waals surface area contributed by atoms with Crippen molar-refractivity contribution in [1.29, 1.82) is 0 Å². The molecule has 1 aromatic carbocycles. The minimum atomic E-state index is -4.30. The van der Waals surface area contributed by atoms with Gasteiger partial charge in [0.15, 0.2) is 5.96 Å². The van der Waals surface area contributed by atoms with Crippen molar-refractivity contribution in [2.75, 3.05) is 33.9 Å². The standard InChI is InChI=1S/C15H22F3N3O.HI/c1-4-22-10-9-20-14(19-2)21(3)11-12-5-7-13(8-6-12)15(16,17)18;/h5-8H,4,9-11H2,1-3H3,(H,19,20);1H. The predicted molar refractivity (Wildman–Crippen MR) is 96.2 cm³/mol. The molecule has 0 bridgehead atoms. The normalized spacial score (nSPS) is 11.8. The molecule has 0 aliphatic heterocycles. The van der Waals surface area contributed by atoms with E-state index in [1.807, 2.05) is 18.9 Å².